The molecule has 0 aliphatic rings. The molecule has 158 valence electrons. The highest BCUT2D eigenvalue weighted by Gasteiger charge is 2.09. The topological polar surface area (TPSA) is 94.1 Å². The van der Waals surface area contributed by atoms with Crippen LogP contribution in [-0.4, -0.2) is 33.2 Å². The molecule has 0 radical (unpaired) electrons. The Morgan fingerprint density at radius 2 is 1.10 bits per heavy atom. The van der Waals surface area contributed by atoms with Crippen molar-refractivity contribution in [2.45, 2.75) is 26.3 Å². The van der Waals surface area contributed by atoms with Crippen LogP contribution >= 0.6 is 0 Å². The van der Waals surface area contributed by atoms with E-state index in [2.05, 4.69) is 40.0 Å². The molecule has 0 bridgehead atoms. The first-order valence-corrected chi connectivity index (χ1v) is 8.58. The maximum atomic E-state index is 12.3. The molecule has 0 aromatic carbocycles. The molecular formula is C18H16F4N6O2. The number of aromatic nitrogens is 4. The standard InChI is InChI=1S/C18H16F4N6O2/c19-17(20)29-13-7-11(1-3-23-13)9-27-15-16(26-6-5-25-15)28-10-12-2-4-24-14(8-12)30-18(21)22/h1-8,17-18H,9-10H2,(H,25,27)(H,26,28). The van der Waals surface area contributed by atoms with E-state index in [-0.39, 0.29) is 24.8 Å². The maximum absolute atomic E-state index is 12.3. The lowest BCUT2D eigenvalue weighted by Gasteiger charge is -2.12. The summed E-state index contributed by atoms with van der Waals surface area (Å²) < 4.78 is 57.8. The van der Waals surface area contributed by atoms with Gasteiger partial charge in [-0.3, -0.25) is 0 Å². The fourth-order valence-electron chi connectivity index (χ4n) is 2.40. The van der Waals surface area contributed by atoms with E-state index in [0.29, 0.717) is 22.8 Å². The summed E-state index contributed by atoms with van der Waals surface area (Å²) in [5.41, 5.74) is 1.28. The van der Waals surface area contributed by atoms with E-state index >= 15 is 0 Å². The van der Waals surface area contributed by atoms with Crippen molar-refractivity contribution < 1.29 is 27.0 Å². The van der Waals surface area contributed by atoms with Crippen molar-refractivity contribution >= 4 is 11.6 Å². The van der Waals surface area contributed by atoms with Gasteiger partial charge in [-0.1, -0.05) is 0 Å². The Kier molecular flexibility index (Phi) is 7.14. The summed E-state index contributed by atoms with van der Waals surface area (Å²) in [4.78, 5) is 15.8. The predicted octanol–water partition coefficient (Wildman–Crippen LogP) is 3.69. The molecule has 30 heavy (non-hydrogen) atoms. The summed E-state index contributed by atoms with van der Waals surface area (Å²) in [6.07, 6.45) is 5.67. The number of anilines is 2. The summed E-state index contributed by atoms with van der Waals surface area (Å²) in [5.74, 6) is 0.426. The van der Waals surface area contributed by atoms with Crippen LogP contribution in [0.5, 0.6) is 11.8 Å². The smallest absolute Gasteiger partial charge is 0.388 e. The Balaban J connectivity index is 1.62. The zero-order valence-electron chi connectivity index (χ0n) is 15.3. The zero-order chi connectivity index (χ0) is 21.3. The molecule has 8 nitrogen and oxygen atoms in total. The van der Waals surface area contributed by atoms with Gasteiger partial charge in [0.1, 0.15) is 0 Å². The van der Waals surface area contributed by atoms with Crippen LogP contribution in [0.2, 0.25) is 0 Å². The van der Waals surface area contributed by atoms with Crippen LogP contribution in [-0.2, 0) is 13.1 Å². The fourth-order valence-corrected chi connectivity index (χ4v) is 2.40. The second-order valence-corrected chi connectivity index (χ2v) is 5.72. The van der Waals surface area contributed by atoms with Gasteiger partial charge in [0.15, 0.2) is 11.6 Å². The van der Waals surface area contributed by atoms with Crippen molar-refractivity contribution in [2.75, 3.05) is 10.6 Å². The lowest BCUT2D eigenvalue weighted by atomic mass is 10.2. The van der Waals surface area contributed by atoms with Gasteiger partial charge in [-0.25, -0.2) is 19.9 Å². The highest BCUT2D eigenvalue weighted by molar-refractivity contribution is 5.58. The van der Waals surface area contributed by atoms with Gasteiger partial charge in [-0.15, -0.1) is 0 Å². The molecule has 3 heterocycles. The van der Waals surface area contributed by atoms with Gasteiger partial charge in [0.05, 0.1) is 0 Å². The van der Waals surface area contributed by atoms with E-state index < -0.39 is 13.2 Å². The molecule has 0 aliphatic heterocycles. The summed E-state index contributed by atoms with van der Waals surface area (Å²) in [5, 5.41) is 6.08. The van der Waals surface area contributed by atoms with Crippen LogP contribution in [0.4, 0.5) is 29.2 Å². The number of pyridine rings is 2. The molecule has 0 amide bonds. The van der Waals surface area contributed by atoms with Crippen LogP contribution in [0.25, 0.3) is 0 Å². The van der Waals surface area contributed by atoms with Crippen LogP contribution < -0.4 is 20.1 Å². The first kappa shape index (κ1) is 21.0. The zero-order valence-corrected chi connectivity index (χ0v) is 15.3. The van der Waals surface area contributed by atoms with E-state index in [0.717, 1.165) is 0 Å². The van der Waals surface area contributed by atoms with Crippen molar-refractivity contribution in [3.8, 4) is 11.8 Å². The monoisotopic (exact) mass is 424 g/mol. The molecule has 0 saturated carbocycles. The van der Waals surface area contributed by atoms with E-state index in [9.17, 15) is 17.6 Å². The van der Waals surface area contributed by atoms with Crippen molar-refractivity contribution in [1.82, 2.24) is 19.9 Å². The van der Waals surface area contributed by atoms with Crippen molar-refractivity contribution in [1.29, 1.82) is 0 Å². The summed E-state index contributed by atoms with van der Waals surface area (Å²) in [6, 6.07) is 6.03. The summed E-state index contributed by atoms with van der Waals surface area (Å²) in [7, 11) is 0. The van der Waals surface area contributed by atoms with Crippen molar-refractivity contribution in [3.63, 3.8) is 0 Å². The Labute approximate surface area is 168 Å². The van der Waals surface area contributed by atoms with Crippen LogP contribution in [0.15, 0.2) is 49.1 Å². The number of hydrogen-bond acceptors (Lipinski definition) is 8. The quantitative estimate of drug-likeness (QED) is 0.476. The molecule has 3 rings (SSSR count). The molecule has 0 unspecified atom stereocenters. The lowest BCUT2D eigenvalue weighted by Crippen LogP contribution is -2.10. The number of nitrogens with zero attached hydrogens (tertiary/aromatic N) is 4. The van der Waals surface area contributed by atoms with Gasteiger partial charge in [0.2, 0.25) is 11.8 Å². The molecule has 3 aromatic rings. The van der Waals surface area contributed by atoms with E-state index in [1.165, 1.54) is 36.9 Å². The van der Waals surface area contributed by atoms with E-state index in [1.807, 2.05) is 0 Å². The maximum Gasteiger partial charge on any atom is 0.388 e. The van der Waals surface area contributed by atoms with Crippen LogP contribution in [0, 0.1) is 0 Å². The summed E-state index contributed by atoms with van der Waals surface area (Å²) in [6.45, 7) is -5.43. The molecule has 3 aromatic heterocycles. The minimum absolute atomic E-state index is 0.193. The van der Waals surface area contributed by atoms with Crippen LogP contribution in [0.1, 0.15) is 11.1 Å². The SMILES string of the molecule is FC(F)Oc1cc(CNc2nccnc2NCc2ccnc(OC(F)F)c2)ccn1. The first-order chi connectivity index (χ1) is 14.5. The third-order valence-corrected chi connectivity index (χ3v) is 3.64. The first-order valence-electron chi connectivity index (χ1n) is 8.58. The molecule has 0 spiro atoms. The molecule has 0 fully saturated rings. The normalized spacial score (nSPS) is 10.9. The van der Waals surface area contributed by atoms with Gasteiger partial charge in [-0.05, 0) is 23.3 Å². The van der Waals surface area contributed by atoms with E-state index in [1.54, 1.807) is 12.1 Å². The highest BCUT2D eigenvalue weighted by atomic mass is 19.3. The van der Waals surface area contributed by atoms with Gasteiger partial charge in [0.25, 0.3) is 0 Å². The Morgan fingerprint density at radius 3 is 1.50 bits per heavy atom. The van der Waals surface area contributed by atoms with Crippen LogP contribution in [0.3, 0.4) is 0 Å². The number of halogens is 4. The Hall–Kier alpha value is -3.70. The van der Waals surface area contributed by atoms with Gasteiger partial charge < -0.3 is 20.1 Å². The lowest BCUT2D eigenvalue weighted by molar-refractivity contribution is -0.0536. The summed E-state index contributed by atoms with van der Waals surface area (Å²) >= 11 is 0. The van der Waals surface area contributed by atoms with Crippen molar-refractivity contribution in [3.05, 3.63) is 60.2 Å². The fraction of sp³-hybridized carbons (Fsp3) is 0.222. The molecular weight excluding hydrogens is 408 g/mol. The minimum Gasteiger partial charge on any atom is -0.417 e. The number of hydrogen-bond donors (Lipinski definition) is 2. The molecule has 2 N–H and O–H groups in total. The van der Waals surface area contributed by atoms with Gasteiger partial charge in [0, 0.05) is 50.0 Å². The molecule has 12 heteroatoms. The number of alkyl halides is 4. The predicted molar refractivity (Wildman–Crippen MR) is 98.4 cm³/mol. The third-order valence-electron chi connectivity index (χ3n) is 3.64. The number of rotatable bonds is 10. The Morgan fingerprint density at radius 1 is 0.667 bits per heavy atom. The third kappa shape index (κ3) is 6.43. The Bertz CT molecular complexity index is 887. The number of ether oxygens (including phenoxy) is 2. The van der Waals surface area contributed by atoms with Crippen molar-refractivity contribution in [2.24, 2.45) is 0 Å². The average molecular weight is 424 g/mol. The van der Waals surface area contributed by atoms with Gasteiger partial charge in [-0.2, -0.15) is 17.6 Å². The number of nitrogens with one attached hydrogen (secondary N) is 2. The second-order valence-electron chi connectivity index (χ2n) is 5.72. The highest BCUT2D eigenvalue weighted by Crippen LogP contribution is 2.19. The second kappa shape index (κ2) is 10.2. The van der Waals surface area contributed by atoms with Gasteiger partial charge >= 0.3 is 13.2 Å². The van der Waals surface area contributed by atoms with E-state index in [4.69, 9.17) is 0 Å². The minimum atomic E-state index is -2.96. The largest absolute Gasteiger partial charge is 0.417 e. The molecule has 0 aliphatic carbocycles. The molecule has 0 saturated heterocycles. The molecule has 0 atom stereocenters. The average Bonchev–Trinajstić information content (AvgIpc) is 2.71.